The van der Waals surface area contributed by atoms with Crippen LogP contribution in [0.3, 0.4) is 0 Å². The van der Waals surface area contributed by atoms with E-state index in [4.69, 9.17) is 0 Å². The number of carbonyl (C=O) groups is 1. The lowest BCUT2D eigenvalue weighted by Gasteiger charge is -2.14. The molecule has 0 radical (unpaired) electrons. The highest BCUT2D eigenvalue weighted by Crippen LogP contribution is 2.22. The van der Waals surface area contributed by atoms with Crippen LogP contribution in [0, 0.1) is 12.8 Å². The molecule has 1 atom stereocenters. The van der Waals surface area contributed by atoms with Gasteiger partial charge in [0.15, 0.2) is 0 Å². The summed E-state index contributed by atoms with van der Waals surface area (Å²) >= 11 is 1.66. The number of amides is 1. The van der Waals surface area contributed by atoms with Crippen LogP contribution in [-0.2, 0) is 4.79 Å². The minimum atomic E-state index is -0.0178. The Morgan fingerprint density at radius 2 is 1.76 bits per heavy atom. The second-order valence-electron chi connectivity index (χ2n) is 5.38. The molecular weight excluding hydrogens is 282 g/mol. The molecule has 1 aromatic heterocycles. The van der Waals surface area contributed by atoms with Crippen LogP contribution < -0.4 is 10.6 Å². The lowest BCUT2D eigenvalue weighted by atomic mass is 10.2. The van der Waals surface area contributed by atoms with E-state index < -0.39 is 0 Å². The third-order valence-corrected chi connectivity index (χ3v) is 3.93. The summed E-state index contributed by atoms with van der Waals surface area (Å²) < 4.78 is 0. The largest absolute Gasteiger partial charge is 0.377 e. The molecule has 0 aliphatic heterocycles. The van der Waals surface area contributed by atoms with Gasteiger partial charge in [-0.05, 0) is 38.1 Å². The molecule has 0 aliphatic rings. The molecule has 1 aromatic carbocycles. The van der Waals surface area contributed by atoms with Crippen LogP contribution in [-0.4, -0.2) is 10.9 Å². The van der Waals surface area contributed by atoms with Crippen molar-refractivity contribution in [2.24, 2.45) is 5.92 Å². The number of aromatic nitrogens is 1. The summed E-state index contributed by atoms with van der Waals surface area (Å²) in [6.45, 7) is 7.85. The second kappa shape index (κ2) is 6.72. The summed E-state index contributed by atoms with van der Waals surface area (Å²) in [6, 6.07) is 7.90. The molecule has 1 unspecified atom stereocenters. The number of aryl methyl sites for hydroxylation is 1. The zero-order valence-corrected chi connectivity index (χ0v) is 13.6. The number of thiazole rings is 1. The Kier molecular flexibility index (Phi) is 4.96. The molecule has 0 saturated carbocycles. The van der Waals surface area contributed by atoms with Crippen molar-refractivity contribution in [3.63, 3.8) is 0 Å². The summed E-state index contributed by atoms with van der Waals surface area (Å²) in [5.41, 5.74) is 2.88. The average Bonchev–Trinajstić information content (AvgIpc) is 2.87. The lowest BCUT2D eigenvalue weighted by Crippen LogP contribution is -2.17. The van der Waals surface area contributed by atoms with Crippen molar-refractivity contribution < 1.29 is 4.79 Å². The van der Waals surface area contributed by atoms with E-state index in [1.54, 1.807) is 11.3 Å². The first-order valence-electron chi connectivity index (χ1n) is 7.05. The number of anilines is 2. The standard InChI is InChI=1S/C16H21N3OS/c1-10(2)16(20)19-14-7-5-13(6-8-14)17-11(3)15-9-21-12(4)18-15/h5-11,17H,1-4H3,(H,19,20). The van der Waals surface area contributed by atoms with Gasteiger partial charge in [0.2, 0.25) is 5.91 Å². The van der Waals surface area contributed by atoms with E-state index in [1.165, 1.54) is 0 Å². The number of rotatable bonds is 5. The number of carbonyl (C=O) groups excluding carboxylic acids is 1. The van der Waals surface area contributed by atoms with Crippen LogP contribution in [0.25, 0.3) is 0 Å². The summed E-state index contributed by atoms with van der Waals surface area (Å²) in [7, 11) is 0. The Balaban J connectivity index is 1.97. The predicted molar refractivity (Wildman–Crippen MR) is 88.8 cm³/mol. The summed E-state index contributed by atoms with van der Waals surface area (Å²) in [6.07, 6.45) is 0. The molecule has 21 heavy (non-hydrogen) atoms. The molecule has 2 aromatic rings. The van der Waals surface area contributed by atoms with Gasteiger partial charge in [-0.2, -0.15) is 0 Å². The van der Waals surface area contributed by atoms with Gasteiger partial charge in [-0.3, -0.25) is 4.79 Å². The molecule has 1 heterocycles. The Hall–Kier alpha value is -1.88. The maximum absolute atomic E-state index is 11.6. The normalized spacial score (nSPS) is 12.2. The highest BCUT2D eigenvalue weighted by atomic mass is 32.1. The van der Waals surface area contributed by atoms with Gasteiger partial charge in [-0.15, -0.1) is 11.3 Å². The van der Waals surface area contributed by atoms with E-state index in [0.29, 0.717) is 0 Å². The molecule has 5 heteroatoms. The van der Waals surface area contributed by atoms with Crippen molar-refractivity contribution in [3.05, 3.63) is 40.3 Å². The second-order valence-corrected chi connectivity index (χ2v) is 6.44. The zero-order chi connectivity index (χ0) is 15.4. The van der Waals surface area contributed by atoms with E-state index in [2.05, 4.69) is 27.9 Å². The molecule has 2 N–H and O–H groups in total. The van der Waals surface area contributed by atoms with Gasteiger partial charge in [-0.25, -0.2) is 4.98 Å². The van der Waals surface area contributed by atoms with Crippen molar-refractivity contribution in [2.75, 3.05) is 10.6 Å². The van der Waals surface area contributed by atoms with Crippen molar-refractivity contribution in [3.8, 4) is 0 Å². The van der Waals surface area contributed by atoms with Crippen molar-refractivity contribution in [2.45, 2.75) is 33.7 Å². The Morgan fingerprint density at radius 3 is 2.29 bits per heavy atom. The van der Waals surface area contributed by atoms with Crippen LogP contribution >= 0.6 is 11.3 Å². The van der Waals surface area contributed by atoms with Gasteiger partial charge in [0.1, 0.15) is 0 Å². The molecule has 0 saturated heterocycles. The third-order valence-electron chi connectivity index (χ3n) is 3.14. The SMILES string of the molecule is Cc1nc(C(C)Nc2ccc(NC(=O)C(C)C)cc2)cs1. The molecule has 2 rings (SSSR count). The number of hydrogen-bond acceptors (Lipinski definition) is 4. The first kappa shape index (κ1) is 15.5. The van der Waals surface area contributed by atoms with Gasteiger partial charge in [0, 0.05) is 22.7 Å². The van der Waals surface area contributed by atoms with Crippen LogP contribution in [0.15, 0.2) is 29.6 Å². The van der Waals surface area contributed by atoms with Crippen LogP contribution in [0.2, 0.25) is 0 Å². The van der Waals surface area contributed by atoms with Crippen molar-refractivity contribution in [1.29, 1.82) is 0 Å². The molecule has 0 bridgehead atoms. The fourth-order valence-electron chi connectivity index (χ4n) is 1.84. The maximum Gasteiger partial charge on any atom is 0.226 e. The monoisotopic (exact) mass is 303 g/mol. The van der Waals surface area contributed by atoms with Gasteiger partial charge < -0.3 is 10.6 Å². The maximum atomic E-state index is 11.6. The molecule has 0 spiro atoms. The minimum Gasteiger partial charge on any atom is -0.377 e. The molecule has 1 amide bonds. The molecule has 0 fully saturated rings. The Labute approximate surface area is 129 Å². The van der Waals surface area contributed by atoms with Crippen LogP contribution in [0.5, 0.6) is 0 Å². The van der Waals surface area contributed by atoms with Crippen LogP contribution in [0.1, 0.15) is 37.5 Å². The fourth-order valence-corrected chi connectivity index (χ4v) is 2.55. The number of benzene rings is 1. The number of nitrogens with zero attached hydrogens (tertiary/aromatic N) is 1. The zero-order valence-electron chi connectivity index (χ0n) is 12.8. The molecular formula is C16H21N3OS. The van der Waals surface area contributed by atoms with Gasteiger partial charge in [0.25, 0.3) is 0 Å². The number of hydrogen-bond donors (Lipinski definition) is 2. The van der Waals surface area contributed by atoms with E-state index in [1.807, 2.05) is 45.0 Å². The number of nitrogens with one attached hydrogen (secondary N) is 2. The van der Waals surface area contributed by atoms with E-state index >= 15 is 0 Å². The van der Waals surface area contributed by atoms with E-state index in [9.17, 15) is 4.79 Å². The highest BCUT2D eigenvalue weighted by Gasteiger charge is 2.09. The van der Waals surface area contributed by atoms with Gasteiger partial charge in [0.05, 0.1) is 16.7 Å². The quantitative estimate of drug-likeness (QED) is 0.869. The Bertz CT molecular complexity index is 604. The fraction of sp³-hybridized carbons (Fsp3) is 0.375. The lowest BCUT2D eigenvalue weighted by molar-refractivity contribution is -0.118. The van der Waals surface area contributed by atoms with E-state index in [0.717, 1.165) is 22.1 Å². The van der Waals surface area contributed by atoms with E-state index in [-0.39, 0.29) is 17.9 Å². The molecule has 4 nitrogen and oxygen atoms in total. The van der Waals surface area contributed by atoms with Crippen molar-refractivity contribution >= 4 is 28.6 Å². The molecule has 112 valence electrons. The average molecular weight is 303 g/mol. The third kappa shape index (κ3) is 4.29. The first-order valence-corrected chi connectivity index (χ1v) is 7.93. The summed E-state index contributed by atoms with van der Waals surface area (Å²) in [5, 5.41) is 9.43. The Morgan fingerprint density at radius 1 is 1.14 bits per heavy atom. The highest BCUT2D eigenvalue weighted by molar-refractivity contribution is 7.09. The summed E-state index contributed by atoms with van der Waals surface area (Å²) in [4.78, 5) is 16.1. The van der Waals surface area contributed by atoms with Crippen molar-refractivity contribution in [1.82, 2.24) is 4.98 Å². The van der Waals surface area contributed by atoms with Crippen LogP contribution in [0.4, 0.5) is 11.4 Å². The van der Waals surface area contributed by atoms with Gasteiger partial charge >= 0.3 is 0 Å². The smallest absolute Gasteiger partial charge is 0.226 e. The van der Waals surface area contributed by atoms with Gasteiger partial charge in [-0.1, -0.05) is 13.8 Å². The topological polar surface area (TPSA) is 54.0 Å². The first-order chi connectivity index (χ1) is 9.95. The predicted octanol–water partition coefficient (Wildman–Crippen LogP) is 4.22. The molecule has 0 aliphatic carbocycles. The minimum absolute atomic E-state index is 0.0178. The summed E-state index contributed by atoms with van der Waals surface area (Å²) in [5.74, 6) is 0.0118.